The Balaban J connectivity index is 1.53. The molecule has 0 spiro atoms. The minimum Gasteiger partial charge on any atom is -0.477 e. The van der Waals surface area contributed by atoms with Crippen molar-refractivity contribution in [1.29, 1.82) is 0 Å². The number of nitrogens with zero attached hydrogens (tertiary/aromatic N) is 5. The Morgan fingerprint density at radius 3 is 2.91 bits per heavy atom. The highest BCUT2D eigenvalue weighted by atomic mass is 32.2. The van der Waals surface area contributed by atoms with Gasteiger partial charge in [-0.2, -0.15) is 9.36 Å². The number of oxime groups is 1. The standard InChI is InChI=1S/C20H19N7O5S2/c1-2-32-25-12(15-24-20(21)34-26-15)16(28)23-13-17(29)27-14(19(30)31)11(9-33-18(13)27)6-5-10-4-3-7-22-8-10/h3-8,13,18H,2,9H2,1H3,(H,23,28)(H,30,31)(H2,21,24,26)/b6-5+,25-12+. The number of carbonyl (C=O) groups excluding carboxylic acids is 2. The Bertz CT molecular complexity index is 1210. The zero-order chi connectivity index (χ0) is 24.2. The van der Waals surface area contributed by atoms with Gasteiger partial charge < -0.3 is 21.0 Å². The van der Waals surface area contributed by atoms with Crippen LogP contribution in [0, 0.1) is 0 Å². The average molecular weight is 502 g/mol. The number of amides is 2. The molecule has 2 aliphatic heterocycles. The van der Waals surface area contributed by atoms with Crippen LogP contribution >= 0.6 is 23.3 Å². The zero-order valence-electron chi connectivity index (χ0n) is 17.7. The van der Waals surface area contributed by atoms with Gasteiger partial charge in [-0.25, -0.2) is 4.79 Å². The monoisotopic (exact) mass is 501 g/mol. The number of anilines is 1. The smallest absolute Gasteiger partial charge is 0.352 e. The predicted octanol–water partition coefficient (Wildman–Crippen LogP) is 0.708. The Morgan fingerprint density at radius 1 is 1.44 bits per heavy atom. The lowest BCUT2D eigenvalue weighted by molar-refractivity contribution is -0.150. The van der Waals surface area contributed by atoms with Crippen molar-refractivity contribution in [2.75, 3.05) is 18.1 Å². The van der Waals surface area contributed by atoms with Gasteiger partial charge in [0.1, 0.15) is 23.7 Å². The lowest BCUT2D eigenvalue weighted by Crippen LogP contribution is -2.71. The topological polar surface area (TPSA) is 173 Å². The van der Waals surface area contributed by atoms with Crippen LogP contribution in [-0.2, 0) is 19.2 Å². The van der Waals surface area contributed by atoms with Crippen molar-refractivity contribution in [3.05, 3.63) is 53.3 Å². The molecule has 0 bridgehead atoms. The fourth-order valence-corrected chi connectivity index (χ4v) is 5.05. The molecule has 4 N–H and O–H groups in total. The quantitative estimate of drug-likeness (QED) is 0.265. The first-order valence-electron chi connectivity index (χ1n) is 10.00. The summed E-state index contributed by atoms with van der Waals surface area (Å²) < 4.78 is 3.97. The first-order chi connectivity index (χ1) is 16.4. The van der Waals surface area contributed by atoms with Gasteiger partial charge in [0.2, 0.25) is 11.5 Å². The van der Waals surface area contributed by atoms with Crippen molar-refractivity contribution < 1.29 is 24.3 Å². The van der Waals surface area contributed by atoms with Gasteiger partial charge in [-0.3, -0.25) is 19.5 Å². The van der Waals surface area contributed by atoms with E-state index >= 15 is 0 Å². The number of nitrogens with two attached hydrogens (primary N) is 1. The van der Waals surface area contributed by atoms with Gasteiger partial charge in [0.25, 0.3) is 11.8 Å². The number of carbonyl (C=O) groups is 3. The molecule has 1 fully saturated rings. The van der Waals surface area contributed by atoms with E-state index in [0.29, 0.717) is 11.3 Å². The van der Waals surface area contributed by atoms with Crippen molar-refractivity contribution in [2.24, 2.45) is 5.16 Å². The Hall–Kier alpha value is -3.78. The number of aliphatic carboxylic acids is 1. The summed E-state index contributed by atoms with van der Waals surface area (Å²) >= 11 is 2.23. The van der Waals surface area contributed by atoms with E-state index in [-0.39, 0.29) is 29.0 Å². The minimum atomic E-state index is -1.23. The third kappa shape index (κ3) is 4.63. The molecule has 0 aliphatic carbocycles. The van der Waals surface area contributed by atoms with E-state index in [1.807, 2.05) is 6.07 Å². The van der Waals surface area contributed by atoms with Gasteiger partial charge in [0, 0.05) is 29.7 Å². The van der Waals surface area contributed by atoms with Gasteiger partial charge in [-0.05, 0) is 24.1 Å². The molecule has 0 radical (unpaired) electrons. The molecule has 176 valence electrons. The third-order valence-electron chi connectivity index (χ3n) is 4.80. The van der Waals surface area contributed by atoms with Crippen LogP contribution in [0.2, 0.25) is 0 Å². The fourth-order valence-electron chi connectivity index (χ4n) is 3.30. The summed E-state index contributed by atoms with van der Waals surface area (Å²) in [5.41, 5.74) is 6.53. The van der Waals surface area contributed by atoms with Crippen molar-refractivity contribution in [1.82, 2.24) is 24.6 Å². The van der Waals surface area contributed by atoms with Gasteiger partial charge in [-0.1, -0.05) is 23.4 Å². The Labute approximate surface area is 201 Å². The van der Waals surface area contributed by atoms with E-state index in [9.17, 15) is 19.5 Å². The second kappa shape index (κ2) is 10.0. The SMILES string of the molecule is CCO/N=C(/C(=O)NC1C(=O)N2C(C(=O)O)=C(/C=C/c3cccnc3)CSC12)c1nsc(N)n1. The van der Waals surface area contributed by atoms with Crippen LogP contribution in [0.1, 0.15) is 18.3 Å². The van der Waals surface area contributed by atoms with Crippen LogP contribution in [0.5, 0.6) is 0 Å². The van der Waals surface area contributed by atoms with Crippen molar-refractivity contribution >= 4 is 58.0 Å². The summed E-state index contributed by atoms with van der Waals surface area (Å²) in [4.78, 5) is 51.9. The highest BCUT2D eigenvalue weighted by Gasteiger charge is 2.54. The summed E-state index contributed by atoms with van der Waals surface area (Å²) in [7, 11) is 0. The zero-order valence-corrected chi connectivity index (χ0v) is 19.4. The molecule has 0 aromatic carbocycles. The maximum absolute atomic E-state index is 12.9. The first kappa shape index (κ1) is 23.4. The molecule has 2 aromatic heterocycles. The van der Waals surface area contributed by atoms with Crippen molar-refractivity contribution in [2.45, 2.75) is 18.3 Å². The van der Waals surface area contributed by atoms with E-state index in [1.165, 1.54) is 16.7 Å². The van der Waals surface area contributed by atoms with E-state index < -0.39 is 29.2 Å². The molecular formula is C20H19N7O5S2. The number of nitrogen functional groups attached to an aromatic ring is 1. The molecule has 1 saturated heterocycles. The summed E-state index contributed by atoms with van der Waals surface area (Å²) in [6, 6.07) is 2.65. The van der Waals surface area contributed by atoms with E-state index in [4.69, 9.17) is 10.6 Å². The number of rotatable bonds is 8. The number of aromatic nitrogens is 3. The number of pyridine rings is 1. The van der Waals surface area contributed by atoms with E-state index in [2.05, 4.69) is 24.8 Å². The van der Waals surface area contributed by atoms with Crippen LogP contribution in [0.4, 0.5) is 5.13 Å². The number of carboxylic acids is 1. The van der Waals surface area contributed by atoms with Crippen molar-refractivity contribution in [3.63, 3.8) is 0 Å². The molecule has 34 heavy (non-hydrogen) atoms. The molecule has 4 rings (SSSR count). The number of hydrogen-bond acceptors (Lipinski definition) is 11. The number of carboxylic acid groups (broad SMARTS) is 1. The largest absolute Gasteiger partial charge is 0.477 e. The van der Waals surface area contributed by atoms with E-state index in [0.717, 1.165) is 17.1 Å². The van der Waals surface area contributed by atoms with Gasteiger partial charge in [0.05, 0.1) is 0 Å². The number of allylic oxidation sites excluding steroid dienone is 1. The highest BCUT2D eigenvalue weighted by molar-refractivity contribution is 8.00. The molecule has 2 atom stereocenters. The predicted molar refractivity (Wildman–Crippen MR) is 125 cm³/mol. The normalized spacial score (nSPS) is 20.2. The summed E-state index contributed by atoms with van der Waals surface area (Å²) in [5.74, 6) is -2.19. The lowest BCUT2D eigenvalue weighted by Gasteiger charge is -2.49. The molecule has 2 aromatic rings. The number of nitrogens with one attached hydrogen (secondary N) is 1. The van der Waals surface area contributed by atoms with Crippen LogP contribution in [0.3, 0.4) is 0 Å². The maximum atomic E-state index is 12.9. The maximum Gasteiger partial charge on any atom is 0.352 e. The van der Waals surface area contributed by atoms with Gasteiger partial charge in [-0.15, -0.1) is 11.8 Å². The number of thioether (sulfide) groups is 1. The highest BCUT2D eigenvalue weighted by Crippen LogP contribution is 2.40. The first-order valence-corrected chi connectivity index (χ1v) is 11.8. The second-order valence-electron chi connectivity index (χ2n) is 6.97. The van der Waals surface area contributed by atoms with Crippen LogP contribution in [0.25, 0.3) is 6.08 Å². The second-order valence-corrected chi connectivity index (χ2v) is 8.86. The van der Waals surface area contributed by atoms with Crippen LogP contribution in [-0.4, -0.2) is 71.6 Å². The molecule has 2 unspecified atom stereocenters. The lowest BCUT2D eigenvalue weighted by atomic mass is 10.0. The summed E-state index contributed by atoms with van der Waals surface area (Å²) in [6.45, 7) is 1.89. The molecule has 14 heteroatoms. The molecule has 2 amide bonds. The molecule has 2 aliphatic rings. The van der Waals surface area contributed by atoms with Crippen LogP contribution < -0.4 is 11.1 Å². The Kier molecular flexibility index (Phi) is 6.88. The minimum absolute atomic E-state index is 0.0256. The van der Waals surface area contributed by atoms with Gasteiger partial charge in [0.15, 0.2) is 5.13 Å². The molecule has 4 heterocycles. The number of hydrogen-bond donors (Lipinski definition) is 3. The van der Waals surface area contributed by atoms with Gasteiger partial charge >= 0.3 is 5.97 Å². The number of β-lactam (4-membered cyclic amide) rings is 1. The fraction of sp³-hybridized carbons (Fsp3) is 0.250. The average Bonchev–Trinajstić information content (AvgIpc) is 3.27. The molecular weight excluding hydrogens is 482 g/mol. The third-order valence-corrected chi connectivity index (χ3v) is 6.65. The summed E-state index contributed by atoms with van der Waals surface area (Å²) in [6.07, 6.45) is 6.67. The van der Waals surface area contributed by atoms with Crippen LogP contribution in [0.15, 0.2) is 47.0 Å². The van der Waals surface area contributed by atoms with E-state index in [1.54, 1.807) is 37.5 Å². The molecule has 0 saturated carbocycles. The number of fused-ring (bicyclic) bond motifs is 1. The Morgan fingerprint density at radius 2 is 2.26 bits per heavy atom. The van der Waals surface area contributed by atoms with Crippen molar-refractivity contribution in [3.8, 4) is 0 Å². The molecule has 12 nitrogen and oxygen atoms in total. The summed E-state index contributed by atoms with van der Waals surface area (Å²) in [5, 5.41) is 15.7.